The fourth-order valence-corrected chi connectivity index (χ4v) is 8.57. The quantitative estimate of drug-likeness (QED) is 0.172. The average Bonchev–Trinajstić information content (AvgIpc) is 3.80. The standard InChI is InChI=1S/C52H34N4/c1-3-15-35(16-4-1)36-27-29-37(30-28-36)46-34-47(54-52(53-46)38-17-5-2-6-18-38)39-31-40(55-48-23-11-7-19-42(48)43-20-8-12-24-49(43)55)33-41(32-39)56-50-25-13-9-21-44(50)45-22-10-14-26-51(45)56/h1-27,29,31-34,42,48H. The van der Waals surface area contributed by atoms with Crippen LogP contribution in [0, 0.1) is 12.1 Å². The second kappa shape index (κ2) is 13.1. The van der Waals surface area contributed by atoms with E-state index in [1.165, 1.54) is 22.0 Å². The summed E-state index contributed by atoms with van der Waals surface area (Å²) in [7, 11) is 0. The third-order valence-electron chi connectivity index (χ3n) is 11.1. The van der Waals surface area contributed by atoms with E-state index >= 15 is 0 Å². The van der Waals surface area contributed by atoms with Crippen molar-refractivity contribution in [2.24, 2.45) is 0 Å². The van der Waals surface area contributed by atoms with Crippen molar-refractivity contribution >= 4 is 33.2 Å². The molecule has 56 heavy (non-hydrogen) atoms. The summed E-state index contributed by atoms with van der Waals surface area (Å²) in [4.78, 5) is 13.0. The van der Waals surface area contributed by atoms with E-state index in [4.69, 9.17) is 9.97 Å². The van der Waals surface area contributed by atoms with Gasteiger partial charge in [-0.1, -0.05) is 152 Å². The zero-order valence-electron chi connectivity index (χ0n) is 30.4. The van der Waals surface area contributed by atoms with Crippen molar-refractivity contribution in [1.29, 1.82) is 0 Å². The van der Waals surface area contributed by atoms with Crippen LogP contribution in [0.4, 0.5) is 11.4 Å². The zero-order valence-corrected chi connectivity index (χ0v) is 30.4. The topological polar surface area (TPSA) is 34.0 Å². The Morgan fingerprint density at radius 1 is 0.464 bits per heavy atom. The maximum atomic E-state index is 5.32. The van der Waals surface area contributed by atoms with E-state index in [-0.39, 0.29) is 12.0 Å². The van der Waals surface area contributed by atoms with Crippen molar-refractivity contribution in [2.45, 2.75) is 12.0 Å². The Morgan fingerprint density at radius 2 is 1.07 bits per heavy atom. The monoisotopic (exact) mass is 714 g/mol. The molecule has 3 heterocycles. The number of anilines is 2. The number of hydrogen-bond donors (Lipinski definition) is 0. The Bertz CT molecular complexity index is 2920. The summed E-state index contributed by atoms with van der Waals surface area (Å²) in [6, 6.07) is 67.0. The van der Waals surface area contributed by atoms with Gasteiger partial charge in [-0.3, -0.25) is 0 Å². The SMILES string of the molecule is c1c(-c2ccccc2)ccc(-c2cc(-c3cc(N4c5ccccc5C5C=CC=CC54)cc(-n4c5ccccc5c5ccccc54)c3)nc(-c3ccccc3)n2)c#1. The van der Waals surface area contributed by atoms with E-state index in [0.717, 1.165) is 61.6 Å². The summed E-state index contributed by atoms with van der Waals surface area (Å²) in [6.07, 6.45) is 9.02. The molecule has 4 nitrogen and oxygen atoms in total. The second-order valence-corrected chi connectivity index (χ2v) is 14.4. The first-order valence-electron chi connectivity index (χ1n) is 19.1. The molecule has 0 fully saturated rings. The van der Waals surface area contributed by atoms with Crippen LogP contribution in [0.3, 0.4) is 0 Å². The van der Waals surface area contributed by atoms with E-state index in [0.29, 0.717) is 5.82 Å². The Kier molecular flexibility index (Phi) is 7.50. The number of rotatable bonds is 6. The third-order valence-corrected chi connectivity index (χ3v) is 11.1. The number of para-hydroxylation sites is 3. The minimum atomic E-state index is 0.146. The molecule has 4 heteroatoms. The maximum absolute atomic E-state index is 5.32. The van der Waals surface area contributed by atoms with Crippen molar-refractivity contribution in [2.75, 3.05) is 4.90 Å². The van der Waals surface area contributed by atoms with Gasteiger partial charge in [0.1, 0.15) is 0 Å². The van der Waals surface area contributed by atoms with E-state index in [9.17, 15) is 0 Å². The van der Waals surface area contributed by atoms with Crippen molar-refractivity contribution in [1.82, 2.24) is 14.5 Å². The largest absolute Gasteiger partial charge is 0.333 e. The maximum Gasteiger partial charge on any atom is 0.160 e. The Morgan fingerprint density at radius 3 is 1.82 bits per heavy atom. The molecule has 0 saturated heterocycles. The minimum absolute atomic E-state index is 0.146. The van der Waals surface area contributed by atoms with Crippen molar-refractivity contribution in [3.05, 3.63) is 212 Å². The number of benzene rings is 6. The number of nitrogens with zero attached hydrogens (tertiary/aromatic N) is 4. The summed E-state index contributed by atoms with van der Waals surface area (Å²) in [6.45, 7) is 0. The number of allylic oxidation sites excluding steroid dienone is 2. The van der Waals surface area contributed by atoms with Gasteiger partial charge >= 0.3 is 0 Å². The molecule has 1 aliphatic heterocycles. The van der Waals surface area contributed by atoms with E-state index in [1.807, 2.05) is 36.4 Å². The van der Waals surface area contributed by atoms with Crippen molar-refractivity contribution < 1.29 is 0 Å². The molecule has 0 radical (unpaired) electrons. The zero-order chi connectivity index (χ0) is 37.0. The van der Waals surface area contributed by atoms with Crippen LogP contribution < -0.4 is 4.90 Å². The van der Waals surface area contributed by atoms with Gasteiger partial charge in [-0.15, -0.1) is 0 Å². The first-order valence-corrected chi connectivity index (χ1v) is 19.1. The number of aromatic nitrogens is 3. The van der Waals surface area contributed by atoms with Crippen LogP contribution in [0.25, 0.3) is 72.5 Å². The van der Waals surface area contributed by atoms with Gasteiger partial charge in [0.2, 0.25) is 0 Å². The summed E-state index contributed by atoms with van der Waals surface area (Å²) in [5.74, 6) is 0.923. The molecule has 7 aromatic carbocycles. The van der Waals surface area contributed by atoms with Crippen LogP contribution >= 0.6 is 0 Å². The van der Waals surface area contributed by atoms with Crippen molar-refractivity contribution in [3.63, 3.8) is 0 Å². The lowest BCUT2D eigenvalue weighted by Gasteiger charge is -2.29. The van der Waals surface area contributed by atoms with Crippen molar-refractivity contribution in [3.8, 4) is 50.7 Å². The third kappa shape index (κ3) is 5.33. The molecular weight excluding hydrogens is 681 g/mol. The molecule has 9 aromatic rings. The summed E-state index contributed by atoms with van der Waals surface area (Å²) >= 11 is 0. The molecule has 0 amide bonds. The van der Waals surface area contributed by atoms with E-state index in [1.54, 1.807) is 0 Å². The highest BCUT2D eigenvalue weighted by Crippen LogP contribution is 2.49. The average molecular weight is 715 g/mol. The molecular formula is C52H34N4. The highest BCUT2D eigenvalue weighted by Gasteiger charge is 2.37. The molecule has 11 rings (SSSR count). The molecule has 0 bridgehead atoms. The second-order valence-electron chi connectivity index (χ2n) is 14.4. The van der Waals surface area contributed by atoms with Crippen LogP contribution in [0.2, 0.25) is 0 Å². The van der Waals surface area contributed by atoms with Gasteiger partial charge in [-0.05, 0) is 65.7 Å². The molecule has 262 valence electrons. The van der Waals surface area contributed by atoms with Gasteiger partial charge in [-0.2, -0.15) is 0 Å². The first-order chi connectivity index (χ1) is 27.8. The van der Waals surface area contributed by atoms with Crippen LogP contribution in [-0.4, -0.2) is 20.6 Å². The Labute approximate surface area is 326 Å². The van der Waals surface area contributed by atoms with Crippen LogP contribution in [0.15, 0.2) is 194 Å². The lowest BCUT2D eigenvalue weighted by Crippen LogP contribution is -2.28. The molecule has 1 aliphatic carbocycles. The molecule has 0 N–H and O–H groups in total. The van der Waals surface area contributed by atoms with Crippen LogP contribution in [0.5, 0.6) is 0 Å². The molecule has 0 saturated carbocycles. The Balaban J connectivity index is 1.15. The normalized spacial score (nSPS) is 15.5. The fraction of sp³-hybridized carbons (Fsp3) is 0.0385. The lowest BCUT2D eigenvalue weighted by molar-refractivity contribution is 0.744. The van der Waals surface area contributed by atoms with E-state index in [2.05, 4.69) is 179 Å². The summed E-state index contributed by atoms with van der Waals surface area (Å²) < 4.78 is 2.40. The van der Waals surface area contributed by atoms with Gasteiger partial charge < -0.3 is 9.47 Å². The minimum Gasteiger partial charge on any atom is -0.333 e. The van der Waals surface area contributed by atoms with Gasteiger partial charge in [-0.25, -0.2) is 9.97 Å². The van der Waals surface area contributed by atoms with Gasteiger partial charge in [0.05, 0.1) is 34.0 Å². The van der Waals surface area contributed by atoms with Gasteiger partial charge in [0.15, 0.2) is 5.82 Å². The van der Waals surface area contributed by atoms with Crippen LogP contribution in [0.1, 0.15) is 11.5 Å². The molecule has 2 aromatic heterocycles. The Hall–Kier alpha value is -7.48. The number of hydrogen-bond acceptors (Lipinski definition) is 3. The highest BCUT2D eigenvalue weighted by molar-refractivity contribution is 6.09. The van der Waals surface area contributed by atoms with Gasteiger partial charge in [0.25, 0.3) is 0 Å². The predicted molar refractivity (Wildman–Crippen MR) is 229 cm³/mol. The summed E-state index contributed by atoms with van der Waals surface area (Å²) in [5.41, 5.74) is 13.6. The summed E-state index contributed by atoms with van der Waals surface area (Å²) in [5, 5.41) is 2.45. The smallest absolute Gasteiger partial charge is 0.160 e. The molecule has 2 aliphatic rings. The predicted octanol–water partition coefficient (Wildman–Crippen LogP) is 12.6. The van der Waals surface area contributed by atoms with E-state index < -0.39 is 0 Å². The molecule has 0 spiro atoms. The highest BCUT2D eigenvalue weighted by atomic mass is 15.2. The molecule has 2 unspecified atom stereocenters. The molecule has 2 atom stereocenters. The lowest BCUT2D eigenvalue weighted by atomic mass is 9.91. The first kappa shape index (κ1) is 32.0. The van der Waals surface area contributed by atoms with Gasteiger partial charge in [0, 0.05) is 50.4 Å². The van der Waals surface area contributed by atoms with Crippen LogP contribution in [-0.2, 0) is 0 Å². The fourth-order valence-electron chi connectivity index (χ4n) is 8.57. The number of fused-ring (bicyclic) bond motifs is 6.